The third-order valence-electron chi connectivity index (χ3n) is 4.10. The quantitative estimate of drug-likeness (QED) is 0.902. The van der Waals surface area contributed by atoms with Crippen LogP contribution in [0.25, 0.3) is 0 Å². The Bertz CT molecular complexity index is 678. The third kappa shape index (κ3) is 4.24. The number of carbonyl (C=O) groups excluding carboxylic acids is 1. The number of thiazole rings is 1. The van der Waals surface area contributed by atoms with E-state index in [1.807, 2.05) is 29.2 Å². The molecular formula is C17H22N4O2S. The highest BCUT2D eigenvalue weighted by molar-refractivity contribution is 7.13. The van der Waals surface area contributed by atoms with E-state index in [0.717, 1.165) is 55.0 Å². The highest BCUT2D eigenvalue weighted by Gasteiger charge is 2.19. The zero-order valence-corrected chi connectivity index (χ0v) is 14.8. The molecule has 0 bridgehead atoms. The third-order valence-corrected chi connectivity index (χ3v) is 4.90. The summed E-state index contributed by atoms with van der Waals surface area (Å²) in [6.07, 6.45) is 0. The van der Waals surface area contributed by atoms with Gasteiger partial charge in [-0.1, -0.05) is 0 Å². The molecule has 0 saturated carbocycles. The molecule has 2 aromatic rings. The summed E-state index contributed by atoms with van der Waals surface area (Å²) in [5, 5.41) is 6.29. The molecule has 1 fully saturated rings. The number of hydrogen-bond acceptors (Lipinski definition) is 6. The first-order valence-electron chi connectivity index (χ1n) is 7.97. The number of carbonyl (C=O) groups is 1. The molecule has 0 aliphatic carbocycles. The molecule has 6 nitrogen and oxygen atoms in total. The van der Waals surface area contributed by atoms with Crippen LogP contribution in [0.4, 0.5) is 10.8 Å². The topological polar surface area (TPSA) is 57.7 Å². The molecule has 1 aromatic heterocycles. The fourth-order valence-electron chi connectivity index (χ4n) is 2.68. The van der Waals surface area contributed by atoms with Crippen LogP contribution in [0.3, 0.4) is 0 Å². The van der Waals surface area contributed by atoms with Crippen LogP contribution >= 0.6 is 11.3 Å². The Labute approximate surface area is 146 Å². The second-order valence-electron chi connectivity index (χ2n) is 5.78. The average molecular weight is 346 g/mol. The molecule has 1 saturated heterocycles. The second kappa shape index (κ2) is 7.63. The Morgan fingerprint density at radius 3 is 2.58 bits per heavy atom. The SMILES string of the molecule is COc1ccc(Nc2nc(CN3CCN(C(C)=O)CC3)cs2)cc1. The Morgan fingerprint density at radius 2 is 1.96 bits per heavy atom. The lowest BCUT2D eigenvalue weighted by Gasteiger charge is -2.33. The van der Waals surface area contributed by atoms with Crippen LogP contribution in [0.1, 0.15) is 12.6 Å². The van der Waals surface area contributed by atoms with Crippen LogP contribution in [-0.4, -0.2) is 54.0 Å². The van der Waals surface area contributed by atoms with E-state index in [1.54, 1.807) is 25.4 Å². The summed E-state index contributed by atoms with van der Waals surface area (Å²) in [7, 11) is 1.66. The molecule has 0 spiro atoms. The molecular weight excluding hydrogens is 324 g/mol. The molecule has 1 aliphatic rings. The molecule has 1 amide bonds. The van der Waals surface area contributed by atoms with Crippen molar-refractivity contribution in [3.63, 3.8) is 0 Å². The summed E-state index contributed by atoms with van der Waals surface area (Å²) in [5.41, 5.74) is 2.05. The number of piperazine rings is 1. The standard InChI is InChI=1S/C17H22N4O2S/c1-13(22)21-9-7-20(8-10-21)11-15-12-24-17(19-15)18-14-3-5-16(23-2)6-4-14/h3-6,12H,7-11H2,1-2H3,(H,18,19). The van der Waals surface area contributed by atoms with Gasteiger partial charge in [0.2, 0.25) is 5.91 Å². The molecule has 128 valence electrons. The molecule has 1 N–H and O–H groups in total. The van der Waals surface area contributed by atoms with Crippen molar-refractivity contribution in [1.29, 1.82) is 0 Å². The number of hydrogen-bond donors (Lipinski definition) is 1. The maximum atomic E-state index is 11.4. The van der Waals surface area contributed by atoms with E-state index in [-0.39, 0.29) is 5.91 Å². The lowest BCUT2D eigenvalue weighted by atomic mass is 10.3. The first kappa shape index (κ1) is 16.7. The summed E-state index contributed by atoms with van der Waals surface area (Å²) < 4.78 is 5.16. The van der Waals surface area contributed by atoms with E-state index in [2.05, 4.69) is 20.6 Å². The maximum absolute atomic E-state index is 11.4. The molecule has 24 heavy (non-hydrogen) atoms. The molecule has 0 atom stereocenters. The zero-order valence-electron chi connectivity index (χ0n) is 14.0. The van der Waals surface area contributed by atoms with Gasteiger partial charge in [0, 0.05) is 50.7 Å². The smallest absolute Gasteiger partial charge is 0.219 e. The molecule has 1 aromatic carbocycles. The van der Waals surface area contributed by atoms with Gasteiger partial charge in [0.15, 0.2) is 5.13 Å². The van der Waals surface area contributed by atoms with Gasteiger partial charge in [0.05, 0.1) is 12.8 Å². The average Bonchev–Trinajstić information content (AvgIpc) is 3.03. The number of nitrogens with zero attached hydrogens (tertiary/aromatic N) is 3. The lowest BCUT2D eigenvalue weighted by molar-refractivity contribution is -0.130. The molecule has 7 heteroatoms. The number of methoxy groups -OCH3 is 1. The Morgan fingerprint density at radius 1 is 1.25 bits per heavy atom. The highest BCUT2D eigenvalue weighted by atomic mass is 32.1. The van der Waals surface area contributed by atoms with Gasteiger partial charge >= 0.3 is 0 Å². The summed E-state index contributed by atoms with van der Waals surface area (Å²) in [6, 6.07) is 7.79. The van der Waals surface area contributed by atoms with Crippen LogP contribution in [0.2, 0.25) is 0 Å². The van der Waals surface area contributed by atoms with E-state index in [0.29, 0.717) is 0 Å². The summed E-state index contributed by atoms with van der Waals surface area (Å²) in [6.45, 7) is 5.86. The van der Waals surface area contributed by atoms with E-state index < -0.39 is 0 Å². The molecule has 2 heterocycles. The van der Waals surface area contributed by atoms with Crippen LogP contribution in [-0.2, 0) is 11.3 Å². The van der Waals surface area contributed by atoms with Gasteiger partial charge in [-0.05, 0) is 24.3 Å². The van der Waals surface area contributed by atoms with Gasteiger partial charge in [0.25, 0.3) is 0 Å². The van der Waals surface area contributed by atoms with Crippen LogP contribution in [0.15, 0.2) is 29.6 Å². The Hall–Kier alpha value is -2.12. The van der Waals surface area contributed by atoms with Crippen molar-refractivity contribution in [2.45, 2.75) is 13.5 Å². The van der Waals surface area contributed by atoms with Gasteiger partial charge in [-0.15, -0.1) is 11.3 Å². The van der Waals surface area contributed by atoms with Crippen molar-refractivity contribution in [2.24, 2.45) is 0 Å². The zero-order chi connectivity index (χ0) is 16.9. The summed E-state index contributed by atoms with van der Waals surface area (Å²) in [4.78, 5) is 20.2. The lowest BCUT2D eigenvalue weighted by Crippen LogP contribution is -2.47. The largest absolute Gasteiger partial charge is 0.497 e. The first-order valence-corrected chi connectivity index (χ1v) is 8.85. The van der Waals surface area contributed by atoms with Crippen molar-refractivity contribution in [3.05, 3.63) is 35.3 Å². The van der Waals surface area contributed by atoms with Crippen LogP contribution in [0.5, 0.6) is 5.75 Å². The van der Waals surface area contributed by atoms with E-state index >= 15 is 0 Å². The van der Waals surface area contributed by atoms with Crippen LogP contribution < -0.4 is 10.1 Å². The second-order valence-corrected chi connectivity index (χ2v) is 6.64. The van der Waals surface area contributed by atoms with Crippen molar-refractivity contribution < 1.29 is 9.53 Å². The van der Waals surface area contributed by atoms with Crippen molar-refractivity contribution >= 4 is 28.1 Å². The minimum atomic E-state index is 0.161. The normalized spacial score (nSPS) is 15.3. The van der Waals surface area contributed by atoms with Crippen molar-refractivity contribution in [3.8, 4) is 5.75 Å². The fraction of sp³-hybridized carbons (Fsp3) is 0.412. The molecule has 1 aliphatic heterocycles. The maximum Gasteiger partial charge on any atom is 0.219 e. The summed E-state index contributed by atoms with van der Waals surface area (Å²) in [5.74, 6) is 0.999. The summed E-state index contributed by atoms with van der Waals surface area (Å²) >= 11 is 1.60. The number of amides is 1. The number of aromatic nitrogens is 1. The predicted octanol–water partition coefficient (Wildman–Crippen LogP) is 2.56. The van der Waals surface area contributed by atoms with Gasteiger partial charge in [-0.25, -0.2) is 4.98 Å². The van der Waals surface area contributed by atoms with E-state index in [1.165, 1.54) is 0 Å². The minimum absolute atomic E-state index is 0.161. The monoisotopic (exact) mass is 346 g/mol. The number of benzene rings is 1. The molecule has 0 unspecified atom stereocenters. The number of nitrogens with one attached hydrogen (secondary N) is 1. The van der Waals surface area contributed by atoms with Gasteiger partial charge in [-0.3, -0.25) is 9.69 Å². The van der Waals surface area contributed by atoms with Gasteiger partial charge in [0.1, 0.15) is 5.75 Å². The minimum Gasteiger partial charge on any atom is -0.497 e. The number of anilines is 2. The first-order chi connectivity index (χ1) is 11.6. The van der Waals surface area contributed by atoms with Gasteiger partial charge in [-0.2, -0.15) is 0 Å². The van der Waals surface area contributed by atoms with E-state index in [9.17, 15) is 4.79 Å². The van der Waals surface area contributed by atoms with Crippen molar-refractivity contribution in [2.75, 3.05) is 38.6 Å². The molecule has 0 radical (unpaired) electrons. The Balaban J connectivity index is 1.53. The number of ether oxygens (including phenoxy) is 1. The van der Waals surface area contributed by atoms with Crippen molar-refractivity contribution in [1.82, 2.24) is 14.8 Å². The predicted molar refractivity (Wildman–Crippen MR) is 95.9 cm³/mol. The van der Waals surface area contributed by atoms with Gasteiger partial charge < -0.3 is 15.0 Å². The fourth-order valence-corrected chi connectivity index (χ4v) is 3.41. The Kier molecular flexibility index (Phi) is 5.32. The van der Waals surface area contributed by atoms with Crippen LogP contribution in [0, 0.1) is 0 Å². The number of rotatable bonds is 5. The highest BCUT2D eigenvalue weighted by Crippen LogP contribution is 2.23. The van der Waals surface area contributed by atoms with E-state index in [4.69, 9.17) is 4.74 Å². The molecule has 3 rings (SSSR count).